The lowest BCUT2D eigenvalue weighted by atomic mass is 9.95. The monoisotopic (exact) mass is 393 g/mol. The first-order chi connectivity index (χ1) is 12.8. The summed E-state index contributed by atoms with van der Waals surface area (Å²) in [5.41, 5.74) is 0. The summed E-state index contributed by atoms with van der Waals surface area (Å²) in [5, 5.41) is 32.7. The summed E-state index contributed by atoms with van der Waals surface area (Å²) in [6, 6.07) is -0.580. The van der Waals surface area contributed by atoms with Gasteiger partial charge in [0, 0.05) is 20.5 Å². The van der Waals surface area contributed by atoms with Gasteiger partial charge in [-0.25, -0.2) is 0 Å². The molecule has 2 rings (SSSR count). The molecule has 156 valence electrons. The van der Waals surface area contributed by atoms with E-state index < -0.39 is 55.2 Å². The second-order valence-electron chi connectivity index (χ2n) is 6.57. The van der Waals surface area contributed by atoms with E-state index in [0.717, 1.165) is 0 Å². The van der Waals surface area contributed by atoms with Gasteiger partial charge in [-0.1, -0.05) is 0 Å². The normalized spacial score (nSPS) is 42.4. The highest BCUT2D eigenvalue weighted by atomic mass is 16.8. The summed E-state index contributed by atoms with van der Waals surface area (Å²) in [5.74, 6) is -0.307. The molecular formula is C16H27NO10. The van der Waals surface area contributed by atoms with Crippen LogP contribution in [0.5, 0.6) is 0 Å². The van der Waals surface area contributed by atoms with Gasteiger partial charge < -0.3 is 44.3 Å². The Morgan fingerprint density at radius 1 is 1.26 bits per heavy atom. The van der Waals surface area contributed by atoms with Crippen molar-refractivity contribution < 1.29 is 48.6 Å². The van der Waals surface area contributed by atoms with Crippen LogP contribution in [-0.2, 0) is 33.3 Å². The zero-order chi connectivity index (χ0) is 20.1. The predicted molar refractivity (Wildman–Crippen MR) is 87.1 cm³/mol. The average molecular weight is 393 g/mol. The number of carbonyl (C=O) groups is 2. The first kappa shape index (κ1) is 22.0. The van der Waals surface area contributed by atoms with Gasteiger partial charge in [0.05, 0.1) is 31.0 Å². The molecule has 4 N–H and O–H groups in total. The van der Waals surface area contributed by atoms with Gasteiger partial charge in [0.1, 0.15) is 18.3 Å². The van der Waals surface area contributed by atoms with Crippen LogP contribution in [0.4, 0.5) is 0 Å². The summed E-state index contributed by atoms with van der Waals surface area (Å²) < 4.78 is 26.7. The maximum Gasteiger partial charge on any atom is 0.295 e. The molecule has 11 nitrogen and oxygen atoms in total. The molecule has 0 bridgehead atoms. The summed E-state index contributed by atoms with van der Waals surface area (Å²) in [4.78, 5) is 22.2. The fourth-order valence-corrected chi connectivity index (χ4v) is 3.36. The Kier molecular flexibility index (Phi) is 7.91. The Morgan fingerprint density at radius 3 is 2.52 bits per heavy atom. The van der Waals surface area contributed by atoms with Crippen LogP contribution in [0.25, 0.3) is 0 Å². The predicted octanol–water partition coefficient (Wildman–Crippen LogP) is -2.36. The van der Waals surface area contributed by atoms with E-state index in [4.69, 9.17) is 23.7 Å². The fraction of sp³-hybridized carbons (Fsp3) is 0.875. The molecule has 2 aliphatic heterocycles. The lowest BCUT2D eigenvalue weighted by Crippen LogP contribution is -2.63. The number of nitrogens with one attached hydrogen (secondary N) is 1. The number of hydrogen-bond acceptors (Lipinski definition) is 10. The summed E-state index contributed by atoms with van der Waals surface area (Å²) in [6.45, 7) is 2.94. The van der Waals surface area contributed by atoms with Crippen molar-refractivity contribution in [3.05, 3.63) is 0 Å². The van der Waals surface area contributed by atoms with Gasteiger partial charge in [-0.15, -0.1) is 0 Å². The molecule has 11 heteroatoms. The van der Waals surface area contributed by atoms with Gasteiger partial charge in [-0.2, -0.15) is 0 Å². The Balaban J connectivity index is 2.16. The van der Waals surface area contributed by atoms with E-state index in [2.05, 4.69) is 5.32 Å². The minimum absolute atomic E-state index is 0.136. The van der Waals surface area contributed by atoms with Crippen LogP contribution in [0.3, 0.4) is 0 Å². The van der Waals surface area contributed by atoms with Gasteiger partial charge in [-0.3, -0.25) is 9.59 Å². The SMILES string of the molecule is CO[C@@H]1C(OC=O)O[C@@H](OC2CC(CO)O[C@@H](C)C2NC(C)=O)C(O)C1O. The van der Waals surface area contributed by atoms with Crippen molar-refractivity contribution in [3.63, 3.8) is 0 Å². The Morgan fingerprint density at radius 2 is 1.96 bits per heavy atom. The number of aliphatic hydroxyl groups is 3. The first-order valence-electron chi connectivity index (χ1n) is 8.64. The average Bonchev–Trinajstić information content (AvgIpc) is 2.62. The van der Waals surface area contributed by atoms with Crippen molar-refractivity contribution in [1.82, 2.24) is 5.32 Å². The highest BCUT2D eigenvalue weighted by Gasteiger charge is 2.49. The molecule has 2 heterocycles. The molecule has 0 aliphatic carbocycles. The molecule has 0 radical (unpaired) electrons. The van der Waals surface area contributed by atoms with Gasteiger partial charge in [0.25, 0.3) is 6.47 Å². The zero-order valence-corrected chi connectivity index (χ0v) is 15.4. The standard InChI is InChI=1S/C16H27NO10/c1-7-11(17-8(2)20)10(4-9(5-18)25-7)26-15-13(22)12(21)14(23-3)16(27-15)24-6-19/h6-7,9-16,18,21-22H,4-5H2,1-3H3,(H,17,20)/t7-,9?,10?,11?,12?,13?,14-,15+,16?/m0/s1. The van der Waals surface area contributed by atoms with Gasteiger partial charge in [0.2, 0.25) is 12.2 Å². The fourth-order valence-electron chi connectivity index (χ4n) is 3.36. The molecule has 9 atom stereocenters. The van der Waals surface area contributed by atoms with E-state index in [1.54, 1.807) is 6.92 Å². The van der Waals surface area contributed by atoms with Gasteiger partial charge in [-0.05, 0) is 6.92 Å². The number of rotatable bonds is 7. The molecule has 2 fully saturated rings. The second-order valence-corrected chi connectivity index (χ2v) is 6.57. The first-order valence-corrected chi connectivity index (χ1v) is 8.64. The third-order valence-corrected chi connectivity index (χ3v) is 4.65. The Hall–Kier alpha value is -1.34. The van der Waals surface area contributed by atoms with E-state index in [1.165, 1.54) is 14.0 Å². The minimum Gasteiger partial charge on any atom is -0.435 e. The second kappa shape index (κ2) is 9.73. The molecular weight excluding hydrogens is 366 g/mol. The molecule has 1 amide bonds. The molecule has 27 heavy (non-hydrogen) atoms. The van der Waals surface area contributed by atoms with Crippen molar-refractivity contribution in [1.29, 1.82) is 0 Å². The molecule has 2 aliphatic rings. The van der Waals surface area contributed by atoms with Crippen molar-refractivity contribution in [3.8, 4) is 0 Å². The summed E-state index contributed by atoms with van der Waals surface area (Å²) in [7, 11) is 1.27. The van der Waals surface area contributed by atoms with Crippen molar-refractivity contribution >= 4 is 12.4 Å². The number of methoxy groups -OCH3 is 1. The summed E-state index contributed by atoms with van der Waals surface area (Å²) in [6.07, 6.45) is -8.19. The quantitative estimate of drug-likeness (QED) is 0.345. The molecule has 0 saturated carbocycles. The largest absolute Gasteiger partial charge is 0.435 e. The highest BCUT2D eigenvalue weighted by Crippen LogP contribution is 2.29. The summed E-state index contributed by atoms with van der Waals surface area (Å²) >= 11 is 0. The van der Waals surface area contributed by atoms with Crippen LogP contribution in [0.1, 0.15) is 20.3 Å². The zero-order valence-electron chi connectivity index (χ0n) is 15.4. The van der Waals surface area contributed by atoms with Crippen LogP contribution in [0, 0.1) is 0 Å². The van der Waals surface area contributed by atoms with E-state index in [0.29, 0.717) is 0 Å². The van der Waals surface area contributed by atoms with Crippen LogP contribution in [0.15, 0.2) is 0 Å². The minimum atomic E-state index is -1.50. The molecule has 0 spiro atoms. The molecule has 0 aromatic rings. The smallest absolute Gasteiger partial charge is 0.295 e. The topological polar surface area (TPSA) is 153 Å². The van der Waals surface area contributed by atoms with Crippen molar-refractivity contribution in [2.24, 2.45) is 0 Å². The number of aliphatic hydroxyl groups excluding tert-OH is 3. The highest BCUT2D eigenvalue weighted by molar-refractivity contribution is 5.73. The Labute approximate surface area is 156 Å². The van der Waals surface area contributed by atoms with Gasteiger partial charge in [0.15, 0.2) is 6.29 Å². The lowest BCUT2D eigenvalue weighted by Gasteiger charge is -2.45. The lowest BCUT2D eigenvalue weighted by molar-refractivity contribution is -0.355. The molecule has 0 aromatic heterocycles. The van der Waals surface area contributed by atoms with Crippen LogP contribution in [-0.4, -0.2) is 96.7 Å². The molecule has 6 unspecified atom stereocenters. The maximum absolute atomic E-state index is 11.5. The number of ether oxygens (including phenoxy) is 5. The van der Waals surface area contributed by atoms with E-state index >= 15 is 0 Å². The third-order valence-electron chi connectivity index (χ3n) is 4.65. The van der Waals surface area contributed by atoms with E-state index in [-0.39, 0.29) is 25.4 Å². The number of hydrogen-bond donors (Lipinski definition) is 4. The molecule has 0 aromatic carbocycles. The van der Waals surface area contributed by atoms with E-state index in [9.17, 15) is 24.9 Å². The van der Waals surface area contributed by atoms with Gasteiger partial charge >= 0.3 is 0 Å². The number of carbonyl (C=O) groups excluding carboxylic acids is 2. The van der Waals surface area contributed by atoms with Crippen LogP contribution in [0.2, 0.25) is 0 Å². The van der Waals surface area contributed by atoms with Crippen molar-refractivity contribution in [2.45, 2.75) is 75.5 Å². The Bertz CT molecular complexity index is 506. The van der Waals surface area contributed by atoms with Crippen molar-refractivity contribution in [2.75, 3.05) is 13.7 Å². The van der Waals surface area contributed by atoms with Crippen LogP contribution < -0.4 is 5.32 Å². The third kappa shape index (κ3) is 5.13. The van der Waals surface area contributed by atoms with E-state index in [1.807, 2.05) is 0 Å². The maximum atomic E-state index is 11.5. The number of amides is 1. The van der Waals surface area contributed by atoms with Crippen LogP contribution >= 0.6 is 0 Å². The molecule has 2 saturated heterocycles.